The fourth-order valence-corrected chi connectivity index (χ4v) is 3.37. The zero-order chi connectivity index (χ0) is 17.6. The number of benzene rings is 2. The summed E-state index contributed by atoms with van der Waals surface area (Å²) < 4.78 is 6.79. The normalized spacial score (nSPS) is 11.5. The first-order chi connectivity index (χ1) is 12.2. The Hall–Kier alpha value is -2.66. The summed E-state index contributed by atoms with van der Waals surface area (Å²) in [6, 6.07) is 17.8. The van der Waals surface area contributed by atoms with Crippen molar-refractivity contribution in [3.05, 3.63) is 70.3 Å². The highest BCUT2D eigenvalue weighted by molar-refractivity contribution is 7.07. The van der Waals surface area contributed by atoms with Crippen LogP contribution in [0, 0.1) is 0 Å². The lowest BCUT2D eigenvalue weighted by Gasteiger charge is -2.08. The van der Waals surface area contributed by atoms with Gasteiger partial charge in [-0.05, 0) is 36.6 Å². The van der Waals surface area contributed by atoms with Crippen molar-refractivity contribution in [2.24, 2.45) is 4.99 Å². The maximum absolute atomic E-state index is 12.5. The molecule has 0 spiro atoms. The number of aromatic nitrogens is 1. The van der Waals surface area contributed by atoms with Crippen molar-refractivity contribution < 1.29 is 9.53 Å². The first-order valence-corrected chi connectivity index (χ1v) is 9.17. The Morgan fingerprint density at radius 2 is 1.80 bits per heavy atom. The van der Waals surface area contributed by atoms with Gasteiger partial charge >= 0.3 is 6.09 Å². The Morgan fingerprint density at radius 1 is 1.08 bits per heavy atom. The topological polar surface area (TPSA) is 43.6 Å². The number of rotatable bonds is 4. The molecular weight excluding hydrogens is 332 g/mol. The first-order valence-electron chi connectivity index (χ1n) is 8.29. The summed E-state index contributed by atoms with van der Waals surface area (Å²) in [5, 5.41) is 1.94. The van der Waals surface area contributed by atoms with Crippen LogP contribution in [0.25, 0.3) is 11.3 Å². The predicted octanol–water partition coefficient (Wildman–Crippen LogP) is 5.02. The smallest absolute Gasteiger partial charge is 0.420 e. The molecule has 0 aliphatic heterocycles. The van der Waals surface area contributed by atoms with Gasteiger partial charge in [0.2, 0.25) is 0 Å². The van der Waals surface area contributed by atoms with E-state index in [1.807, 2.05) is 47.8 Å². The van der Waals surface area contributed by atoms with Crippen LogP contribution in [0.5, 0.6) is 0 Å². The van der Waals surface area contributed by atoms with Gasteiger partial charge in [0.1, 0.15) is 0 Å². The van der Waals surface area contributed by atoms with Crippen molar-refractivity contribution in [3.8, 4) is 11.3 Å². The van der Waals surface area contributed by atoms with Gasteiger partial charge in [0, 0.05) is 5.38 Å². The van der Waals surface area contributed by atoms with Crippen LogP contribution in [0.2, 0.25) is 0 Å². The number of carbonyl (C=O) groups is 1. The van der Waals surface area contributed by atoms with E-state index in [-0.39, 0.29) is 0 Å². The third-order valence-corrected chi connectivity index (χ3v) is 4.62. The minimum atomic E-state index is -0.409. The third-order valence-electron chi connectivity index (χ3n) is 3.80. The molecule has 128 valence electrons. The molecular formula is C20H20N2O2S. The Balaban J connectivity index is 2.12. The Kier molecular flexibility index (Phi) is 5.46. The van der Waals surface area contributed by atoms with Gasteiger partial charge in [-0.1, -0.05) is 49.4 Å². The van der Waals surface area contributed by atoms with Crippen LogP contribution in [0.15, 0.2) is 65.0 Å². The molecule has 2 aromatic carbocycles. The minimum Gasteiger partial charge on any atom is -0.449 e. The summed E-state index contributed by atoms with van der Waals surface area (Å²) in [5.41, 5.74) is 3.82. The van der Waals surface area contributed by atoms with Crippen LogP contribution in [0.3, 0.4) is 0 Å². The average Bonchev–Trinajstić information content (AvgIpc) is 3.06. The van der Waals surface area contributed by atoms with Crippen molar-refractivity contribution in [1.29, 1.82) is 0 Å². The van der Waals surface area contributed by atoms with Gasteiger partial charge in [0.05, 0.1) is 18.0 Å². The summed E-state index contributed by atoms with van der Waals surface area (Å²) in [5.74, 6) is 0. The second kappa shape index (κ2) is 7.94. The zero-order valence-electron chi connectivity index (χ0n) is 14.3. The largest absolute Gasteiger partial charge is 0.449 e. The maximum atomic E-state index is 12.5. The van der Waals surface area contributed by atoms with Gasteiger partial charge in [0.25, 0.3) is 0 Å². The van der Waals surface area contributed by atoms with Crippen LogP contribution < -0.4 is 4.80 Å². The van der Waals surface area contributed by atoms with Crippen molar-refractivity contribution in [3.63, 3.8) is 0 Å². The third kappa shape index (κ3) is 3.88. The summed E-state index contributed by atoms with van der Waals surface area (Å²) in [7, 11) is 0. The highest BCUT2D eigenvalue weighted by atomic mass is 32.1. The fraction of sp³-hybridized carbons (Fsp3) is 0.200. The molecule has 3 aromatic rings. The second-order valence-corrected chi connectivity index (χ2v) is 6.27. The van der Waals surface area contributed by atoms with Gasteiger partial charge in [-0.3, -0.25) is 0 Å². The highest BCUT2D eigenvalue weighted by Crippen LogP contribution is 2.22. The molecule has 3 rings (SSSR count). The lowest BCUT2D eigenvalue weighted by atomic mass is 10.1. The Labute approximate surface area is 151 Å². The quantitative estimate of drug-likeness (QED) is 0.662. The minimum absolute atomic E-state index is 0.320. The summed E-state index contributed by atoms with van der Waals surface area (Å²) in [6.07, 6.45) is 0.573. The van der Waals surface area contributed by atoms with E-state index in [9.17, 15) is 4.79 Å². The fourth-order valence-electron chi connectivity index (χ4n) is 2.48. The van der Waals surface area contributed by atoms with Gasteiger partial charge in [-0.2, -0.15) is 0 Å². The molecule has 0 saturated heterocycles. The Bertz CT molecular complexity index is 909. The molecule has 0 N–H and O–H groups in total. The molecule has 0 aliphatic rings. The standard InChI is InChI=1S/C20H20N2O2S/c1-3-15-10-12-16(13-11-15)18-14-25-19(22(18)20(23)24-4-2)21-17-8-6-5-7-9-17/h5-14H,3-4H2,1-2H3. The number of hydrogen-bond acceptors (Lipinski definition) is 4. The van der Waals surface area contributed by atoms with E-state index in [0.29, 0.717) is 11.4 Å². The van der Waals surface area contributed by atoms with Crippen molar-refractivity contribution in [1.82, 2.24) is 4.57 Å². The van der Waals surface area contributed by atoms with Crippen LogP contribution in [0.4, 0.5) is 10.5 Å². The lowest BCUT2D eigenvalue weighted by molar-refractivity contribution is 0.153. The number of nitrogens with zero attached hydrogens (tertiary/aromatic N) is 2. The van der Waals surface area contributed by atoms with Crippen LogP contribution in [-0.2, 0) is 11.2 Å². The molecule has 0 amide bonds. The molecule has 25 heavy (non-hydrogen) atoms. The molecule has 0 saturated carbocycles. The van der Waals surface area contributed by atoms with E-state index >= 15 is 0 Å². The molecule has 5 heteroatoms. The molecule has 4 nitrogen and oxygen atoms in total. The van der Waals surface area contributed by atoms with E-state index in [4.69, 9.17) is 4.74 Å². The first kappa shape index (κ1) is 17.2. The Morgan fingerprint density at radius 3 is 2.44 bits per heavy atom. The van der Waals surface area contributed by atoms with Gasteiger partial charge in [0.15, 0.2) is 4.80 Å². The number of hydrogen-bond donors (Lipinski definition) is 0. The van der Waals surface area contributed by atoms with Gasteiger partial charge in [-0.25, -0.2) is 14.4 Å². The monoisotopic (exact) mass is 352 g/mol. The molecule has 0 atom stereocenters. The van der Waals surface area contributed by atoms with E-state index in [0.717, 1.165) is 23.4 Å². The molecule has 0 bridgehead atoms. The predicted molar refractivity (Wildman–Crippen MR) is 101 cm³/mol. The van der Waals surface area contributed by atoms with Crippen molar-refractivity contribution in [2.75, 3.05) is 6.61 Å². The van der Waals surface area contributed by atoms with Gasteiger partial charge < -0.3 is 4.74 Å². The zero-order valence-corrected chi connectivity index (χ0v) is 15.1. The van der Waals surface area contributed by atoms with E-state index < -0.39 is 6.09 Å². The molecule has 0 unspecified atom stereocenters. The lowest BCUT2D eigenvalue weighted by Crippen LogP contribution is -2.25. The van der Waals surface area contributed by atoms with Crippen LogP contribution in [-0.4, -0.2) is 17.3 Å². The summed E-state index contributed by atoms with van der Waals surface area (Å²) in [6.45, 7) is 4.24. The van der Waals surface area contributed by atoms with Crippen molar-refractivity contribution >= 4 is 23.1 Å². The van der Waals surface area contributed by atoms with E-state index in [1.54, 1.807) is 11.5 Å². The molecule has 1 aromatic heterocycles. The SMILES string of the molecule is CCOC(=O)n1c(-c2ccc(CC)cc2)csc1=Nc1ccccc1. The van der Waals surface area contributed by atoms with Crippen molar-refractivity contribution in [2.45, 2.75) is 20.3 Å². The molecule has 0 radical (unpaired) electrons. The maximum Gasteiger partial charge on any atom is 0.420 e. The molecule has 0 fully saturated rings. The number of para-hydroxylation sites is 1. The van der Waals surface area contributed by atoms with Gasteiger partial charge in [-0.15, -0.1) is 11.3 Å². The summed E-state index contributed by atoms with van der Waals surface area (Å²) >= 11 is 1.43. The highest BCUT2D eigenvalue weighted by Gasteiger charge is 2.15. The van der Waals surface area contributed by atoms with E-state index in [2.05, 4.69) is 24.0 Å². The molecule has 0 aliphatic carbocycles. The summed E-state index contributed by atoms with van der Waals surface area (Å²) in [4.78, 5) is 17.7. The average molecular weight is 352 g/mol. The van der Waals surface area contributed by atoms with Crippen LogP contribution in [0.1, 0.15) is 19.4 Å². The number of ether oxygens (including phenoxy) is 1. The number of aryl methyl sites for hydroxylation is 1. The van der Waals surface area contributed by atoms with Crippen LogP contribution >= 0.6 is 11.3 Å². The number of thiazole rings is 1. The number of carbonyl (C=O) groups excluding carboxylic acids is 1. The molecule has 1 heterocycles. The second-order valence-electron chi connectivity index (χ2n) is 5.44. The van der Waals surface area contributed by atoms with E-state index in [1.165, 1.54) is 16.9 Å².